The molecule has 0 saturated carbocycles. The Bertz CT molecular complexity index is 796. The smallest absolute Gasteiger partial charge is 0.222 e. The van der Waals surface area contributed by atoms with Gasteiger partial charge in [0.15, 0.2) is 5.82 Å². The number of aliphatic hydroxyl groups excluding tert-OH is 1. The zero-order valence-electron chi connectivity index (χ0n) is 16.3. The quantitative estimate of drug-likeness (QED) is 0.864. The minimum atomic E-state index is 0.126. The molecule has 1 atom stereocenters. The maximum absolute atomic E-state index is 12.3. The van der Waals surface area contributed by atoms with Crippen molar-refractivity contribution in [3.05, 3.63) is 42.5 Å². The summed E-state index contributed by atoms with van der Waals surface area (Å²) in [5.41, 5.74) is 2.08. The van der Waals surface area contributed by atoms with Gasteiger partial charge in [-0.2, -0.15) is 0 Å². The molecule has 1 aromatic heterocycles. The number of carbonyl (C=O) groups is 1. The summed E-state index contributed by atoms with van der Waals surface area (Å²) in [6, 6.07) is 14.2. The second kappa shape index (κ2) is 8.27. The Morgan fingerprint density at radius 3 is 2.64 bits per heavy atom. The van der Waals surface area contributed by atoms with Gasteiger partial charge in [0.05, 0.1) is 5.69 Å². The molecule has 3 heterocycles. The van der Waals surface area contributed by atoms with Gasteiger partial charge in [0.25, 0.3) is 0 Å². The van der Waals surface area contributed by atoms with Gasteiger partial charge in [-0.1, -0.05) is 30.3 Å². The topological polar surface area (TPSA) is 69.6 Å². The van der Waals surface area contributed by atoms with E-state index in [0.29, 0.717) is 19.4 Å². The van der Waals surface area contributed by atoms with E-state index < -0.39 is 0 Å². The Morgan fingerprint density at radius 2 is 1.89 bits per heavy atom. The highest BCUT2D eigenvalue weighted by Crippen LogP contribution is 2.40. The van der Waals surface area contributed by atoms with E-state index in [9.17, 15) is 4.79 Å². The number of carbonyl (C=O) groups excluding carboxylic acids is 1. The first kappa shape index (κ1) is 18.9. The average molecular weight is 380 g/mol. The minimum Gasteiger partial charge on any atom is -0.396 e. The molecule has 2 fully saturated rings. The number of likely N-dealkylation sites (tertiary alicyclic amines) is 1. The fourth-order valence-corrected chi connectivity index (χ4v) is 4.56. The monoisotopic (exact) mass is 380 g/mol. The Hall–Kier alpha value is -2.47. The largest absolute Gasteiger partial charge is 0.396 e. The number of anilines is 1. The summed E-state index contributed by atoms with van der Waals surface area (Å²) in [6.07, 6.45) is 4.44. The van der Waals surface area contributed by atoms with Gasteiger partial charge >= 0.3 is 0 Å². The van der Waals surface area contributed by atoms with Crippen LogP contribution in [0.15, 0.2) is 42.5 Å². The summed E-state index contributed by atoms with van der Waals surface area (Å²) in [7, 11) is 0. The first-order valence-corrected chi connectivity index (χ1v) is 10.2. The van der Waals surface area contributed by atoms with Crippen molar-refractivity contribution in [1.82, 2.24) is 15.1 Å². The normalized spacial score (nSPS) is 22.7. The number of aromatic nitrogens is 2. The molecular formula is C22H28N4O2. The molecule has 1 amide bonds. The molecule has 2 saturated heterocycles. The maximum atomic E-state index is 12.3. The van der Waals surface area contributed by atoms with E-state index in [2.05, 4.69) is 21.2 Å². The fourth-order valence-electron chi connectivity index (χ4n) is 4.56. The Kier molecular flexibility index (Phi) is 5.57. The van der Waals surface area contributed by atoms with E-state index in [1.807, 2.05) is 41.3 Å². The van der Waals surface area contributed by atoms with E-state index in [1.165, 1.54) is 0 Å². The second-order valence-corrected chi connectivity index (χ2v) is 8.06. The molecule has 6 nitrogen and oxygen atoms in total. The van der Waals surface area contributed by atoms with Gasteiger partial charge in [-0.3, -0.25) is 4.79 Å². The van der Waals surface area contributed by atoms with Crippen molar-refractivity contribution < 1.29 is 9.90 Å². The van der Waals surface area contributed by atoms with Crippen LogP contribution in [0.25, 0.3) is 11.3 Å². The van der Waals surface area contributed by atoms with Gasteiger partial charge in [0, 0.05) is 50.2 Å². The van der Waals surface area contributed by atoms with Crippen LogP contribution >= 0.6 is 0 Å². The standard InChI is InChI=1S/C22H28N4O2/c27-15-5-14-26-17-22(12-10-21(26)28)11-4-13-25(16-22)20-9-8-19(23-24-20)18-6-2-1-3-7-18/h1-3,6-9,27H,4-5,10-17H2. The van der Waals surface area contributed by atoms with E-state index >= 15 is 0 Å². The lowest BCUT2D eigenvalue weighted by molar-refractivity contribution is -0.138. The molecule has 0 bridgehead atoms. The fraction of sp³-hybridized carbons (Fsp3) is 0.500. The molecule has 1 unspecified atom stereocenters. The number of piperidine rings is 2. The molecule has 4 rings (SSSR count). The van der Waals surface area contributed by atoms with Crippen molar-refractivity contribution in [3.63, 3.8) is 0 Å². The molecule has 28 heavy (non-hydrogen) atoms. The average Bonchev–Trinajstić information content (AvgIpc) is 2.75. The lowest BCUT2D eigenvalue weighted by atomic mass is 9.73. The van der Waals surface area contributed by atoms with Crippen LogP contribution in [0.2, 0.25) is 0 Å². The third-order valence-corrected chi connectivity index (χ3v) is 6.04. The zero-order chi connectivity index (χ0) is 19.4. The number of rotatable bonds is 5. The van der Waals surface area contributed by atoms with Crippen molar-refractivity contribution in [3.8, 4) is 11.3 Å². The van der Waals surface area contributed by atoms with E-state index in [4.69, 9.17) is 5.11 Å². The Labute approximate surface area is 166 Å². The van der Waals surface area contributed by atoms with Crippen LogP contribution in [0.1, 0.15) is 32.1 Å². The number of nitrogens with zero attached hydrogens (tertiary/aromatic N) is 4. The van der Waals surface area contributed by atoms with Gasteiger partial charge in [-0.05, 0) is 37.8 Å². The first-order valence-electron chi connectivity index (χ1n) is 10.2. The zero-order valence-corrected chi connectivity index (χ0v) is 16.3. The highest BCUT2D eigenvalue weighted by atomic mass is 16.3. The van der Waals surface area contributed by atoms with Crippen LogP contribution in [0, 0.1) is 5.41 Å². The summed E-state index contributed by atoms with van der Waals surface area (Å²) in [6.45, 7) is 3.47. The molecule has 6 heteroatoms. The summed E-state index contributed by atoms with van der Waals surface area (Å²) in [5, 5.41) is 18.1. The molecule has 2 aliphatic heterocycles. The molecule has 1 spiro atoms. The summed E-state index contributed by atoms with van der Waals surface area (Å²) >= 11 is 0. The SMILES string of the molecule is O=C1CCC2(CCCN(c3ccc(-c4ccccc4)nn3)C2)CN1CCCO. The first-order chi connectivity index (χ1) is 13.7. The van der Waals surface area contributed by atoms with Crippen molar-refractivity contribution in [2.75, 3.05) is 37.7 Å². The van der Waals surface area contributed by atoms with Crippen LogP contribution < -0.4 is 4.90 Å². The van der Waals surface area contributed by atoms with Crippen molar-refractivity contribution in [2.45, 2.75) is 32.1 Å². The van der Waals surface area contributed by atoms with Gasteiger partial charge in [0.2, 0.25) is 5.91 Å². The van der Waals surface area contributed by atoms with Crippen molar-refractivity contribution >= 4 is 11.7 Å². The summed E-state index contributed by atoms with van der Waals surface area (Å²) in [5.74, 6) is 1.14. The van der Waals surface area contributed by atoms with Gasteiger partial charge in [-0.15, -0.1) is 10.2 Å². The molecule has 2 aromatic rings. The summed E-state index contributed by atoms with van der Waals surface area (Å²) in [4.78, 5) is 16.5. The number of amides is 1. The molecular weight excluding hydrogens is 352 g/mol. The number of hydrogen-bond acceptors (Lipinski definition) is 5. The molecule has 0 radical (unpaired) electrons. The highest BCUT2D eigenvalue weighted by Gasteiger charge is 2.41. The predicted molar refractivity (Wildman–Crippen MR) is 109 cm³/mol. The van der Waals surface area contributed by atoms with Crippen molar-refractivity contribution in [1.29, 1.82) is 0 Å². The van der Waals surface area contributed by atoms with E-state index in [-0.39, 0.29) is 17.9 Å². The molecule has 0 aliphatic carbocycles. The van der Waals surface area contributed by atoms with Gasteiger partial charge in [0.1, 0.15) is 0 Å². The molecule has 1 N–H and O–H groups in total. The van der Waals surface area contributed by atoms with Crippen LogP contribution in [-0.4, -0.2) is 58.9 Å². The van der Waals surface area contributed by atoms with E-state index in [0.717, 1.165) is 56.0 Å². The lowest BCUT2D eigenvalue weighted by Crippen LogP contribution is -2.54. The minimum absolute atomic E-state index is 0.126. The number of aliphatic hydroxyl groups is 1. The van der Waals surface area contributed by atoms with Crippen LogP contribution in [0.5, 0.6) is 0 Å². The van der Waals surface area contributed by atoms with Crippen LogP contribution in [0.3, 0.4) is 0 Å². The van der Waals surface area contributed by atoms with E-state index in [1.54, 1.807) is 0 Å². The lowest BCUT2D eigenvalue weighted by Gasteiger charge is -2.48. The number of hydrogen-bond donors (Lipinski definition) is 1. The predicted octanol–water partition coefficient (Wildman–Crippen LogP) is 2.74. The van der Waals surface area contributed by atoms with Gasteiger partial charge in [-0.25, -0.2) is 0 Å². The number of benzene rings is 1. The third-order valence-electron chi connectivity index (χ3n) is 6.04. The Balaban J connectivity index is 1.47. The van der Waals surface area contributed by atoms with Gasteiger partial charge < -0.3 is 14.9 Å². The maximum Gasteiger partial charge on any atom is 0.222 e. The summed E-state index contributed by atoms with van der Waals surface area (Å²) < 4.78 is 0. The third kappa shape index (κ3) is 4.02. The second-order valence-electron chi connectivity index (χ2n) is 8.06. The van der Waals surface area contributed by atoms with Crippen LogP contribution in [-0.2, 0) is 4.79 Å². The molecule has 1 aromatic carbocycles. The highest BCUT2D eigenvalue weighted by molar-refractivity contribution is 5.77. The van der Waals surface area contributed by atoms with Crippen LogP contribution in [0.4, 0.5) is 5.82 Å². The Morgan fingerprint density at radius 1 is 1.04 bits per heavy atom. The van der Waals surface area contributed by atoms with Crippen molar-refractivity contribution in [2.24, 2.45) is 5.41 Å². The molecule has 148 valence electrons. The molecule has 2 aliphatic rings.